The van der Waals surface area contributed by atoms with Crippen LogP contribution in [-0.2, 0) is 4.79 Å². The second-order valence-electron chi connectivity index (χ2n) is 4.04. The molecule has 1 heterocycles. The van der Waals surface area contributed by atoms with Gasteiger partial charge >= 0.3 is 5.97 Å². The number of pyridine rings is 1. The summed E-state index contributed by atoms with van der Waals surface area (Å²) in [5.74, 6) is 3.54. The molecule has 0 fully saturated rings. The number of aromatic amines is 1. The van der Waals surface area contributed by atoms with E-state index in [1.807, 2.05) is 0 Å². The molecular weight excluding hydrogens is 260 g/mol. The van der Waals surface area contributed by atoms with E-state index < -0.39 is 17.3 Å². The molecule has 0 unspecified atom stereocenters. The molecule has 0 spiro atoms. The second kappa shape index (κ2) is 5.28. The van der Waals surface area contributed by atoms with Gasteiger partial charge in [-0.1, -0.05) is 11.8 Å². The molecule has 0 atom stereocenters. The van der Waals surface area contributed by atoms with Gasteiger partial charge < -0.3 is 15.8 Å². The van der Waals surface area contributed by atoms with E-state index in [1.54, 1.807) is 12.1 Å². The quantitative estimate of drug-likeness (QED) is 0.687. The number of primary amides is 1. The van der Waals surface area contributed by atoms with Crippen LogP contribution in [0.25, 0.3) is 10.9 Å². The fraction of sp³-hybridized carbons (Fsp3) is 0.0714. The van der Waals surface area contributed by atoms with Crippen LogP contribution in [0, 0.1) is 11.8 Å². The zero-order chi connectivity index (χ0) is 14.7. The van der Waals surface area contributed by atoms with Crippen molar-refractivity contribution in [3.05, 3.63) is 45.7 Å². The number of nitrogens with one attached hydrogen (secondary N) is 1. The Hall–Kier alpha value is -3.07. The smallest absolute Gasteiger partial charge is 0.341 e. The highest BCUT2D eigenvalue weighted by molar-refractivity contribution is 5.92. The standard InChI is InChI=1S/C14H10N2O4/c15-12(17)3-1-2-8-4-5-9-11(6-8)16-7-10(13(9)18)14(19)20/h4-7H,3H2,(H2,15,17)(H,16,18)(H,19,20). The van der Waals surface area contributed by atoms with Gasteiger partial charge in [0.15, 0.2) is 0 Å². The van der Waals surface area contributed by atoms with Crippen LogP contribution >= 0.6 is 0 Å². The highest BCUT2D eigenvalue weighted by atomic mass is 16.4. The molecule has 6 heteroatoms. The summed E-state index contributed by atoms with van der Waals surface area (Å²) in [5, 5.41) is 9.13. The number of carboxylic acid groups (broad SMARTS) is 1. The summed E-state index contributed by atoms with van der Waals surface area (Å²) in [4.78, 5) is 36.0. The van der Waals surface area contributed by atoms with E-state index in [0.29, 0.717) is 11.1 Å². The Labute approximate surface area is 113 Å². The Morgan fingerprint density at radius 2 is 2.10 bits per heavy atom. The van der Waals surface area contributed by atoms with Crippen molar-refractivity contribution in [2.24, 2.45) is 5.73 Å². The van der Waals surface area contributed by atoms with Crippen molar-refractivity contribution >= 4 is 22.8 Å². The van der Waals surface area contributed by atoms with Crippen molar-refractivity contribution in [3.63, 3.8) is 0 Å². The highest BCUT2D eigenvalue weighted by Crippen LogP contribution is 2.10. The van der Waals surface area contributed by atoms with Crippen molar-refractivity contribution in [1.82, 2.24) is 4.98 Å². The Bertz CT molecular complexity index is 824. The van der Waals surface area contributed by atoms with E-state index in [2.05, 4.69) is 16.8 Å². The summed E-state index contributed by atoms with van der Waals surface area (Å²) < 4.78 is 0. The Kier molecular flexibility index (Phi) is 3.53. The minimum Gasteiger partial charge on any atom is -0.477 e. The molecule has 6 nitrogen and oxygen atoms in total. The zero-order valence-electron chi connectivity index (χ0n) is 10.3. The van der Waals surface area contributed by atoms with E-state index in [4.69, 9.17) is 10.8 Å². The van der Waals surface area contributed by atoms with Gasteiger partial charge in [-0.25, -0.2) is 4.79 Å². The maximum atomic E-state index is 11.9. The number of hydrogen-bond acceptors (Lipinski definition) is 3. The molecule has 0 bridgehead atoms. The van der Waals surface area contributed by atoms with Crippen molar-refractivity contribution in [1.29, 1.82) is 0 Å². The van der Waals surface area contributed by atoms with Crippen LogP contribution in [0.3, 0.4) is 0 Å². The van der Waals surface area contributed by atoms with Crippen LogP contribution in [-0.4, -0.2) is 22.0 Å². The topological polar surface area (TPSA) is 113 Å². The summed E-state index contributed by atoms with van der Waals surface area (Å²) in [6, 6.07) is 4.68. The first-order valence-corrected chi connectivity index (χ1v) is 5.65. The maximum Gasteiger partial charge on any atom is 0.341 e. The number of fused-ring (bicyclic) bond motifs is 1. The predicted octanol–water partition coefficient (Wildman–Crippen LogP) is 0.453. The molecule has 1 amide bonds. The molecule has 100 valence electrons. The third-order valence-corrected chi connectivity index (χ3v) is 2.61. The first kappa shape index (κ1) is 13.4. The Balaban J connectivity index is 2.48. The third-order valence-electron chi connectivity index (χ3n) is 2.61. The number of carboxylic acids is 1. The number of aromatic carboxylic acids is 1. The Morgan fingerprint density at radius 3 is 2.75 bits per heavy atom. The third kappa shape index (κ3) is 2.67. The van der Waals surface area contributed by atoms with E-state index in [0.717, 1.165) is 6.20 Å². The fourth-order valence-corrected chi connectivity index (χ4v) is 1.69. The molecule has 0 saturated carbocycles. The lowest BCUT2D eigenvalue weighted by molar-refractivity contribution is -0.117. The molecule has 2 rings (SSSR count). The summed E-state index contributed by atoms with van der Waals surface area (Å²) in [7, 11) is 0. The normalized spacial score (nSPS) is 9.80. The van der Waals surface area contributed by atoms with Gasteiger partial charge in [0.25, 0.3) is 0 Å². The number of aromatic nitrogens is 1. The lowest BCUT2D eigenvalue weighted by Gasteiger charge is -2.00. The van der Waals surface area contributed by atoms with Crippen LogP contribution in [0.1, 0.15) is 22.3 Å². The lowest BCUT2D eigenvalue weighted by Crippen LogP contribution is -2.15. The number of hydrogen-bond donors (Lipinski definition) is 3. The molecule has 0 saturated heterocycles. The molecular formula is C14H10N2O4. The van der Waals surface area contributed by atoms with Crippen molar-refractivity contribution in [2.75, 3.05) is 0 Å². The number of H-pyrrole nitrogens is 1. The van der Waals surface area contributed by atoms with Gasteiger partial charge in [-0.05, 0) is 18.2 Å². The van der Waals surface area contributed by atoms with E-state index in [-0.39, 0.29) is 17.4 Å². The largest absolute Gasteiger partial charge is 0.477 e. The minimum atomic E-state index is -1.28. The average molecular weight is 270 g/mol. The summed E-state index contributed by atoms with van der Waals surface area (Å²) in [6.07, 6.45) is 1.10. The van der Waals surface area contributed by atoms with Gasteiger partial charge in [-0.15, -0.1) is 0 Å². The maximum absolute atomic E-state index is 11.9. The molecule has 2 aromatic rings. The van der Waals surface area contributed by atoms with Crippen LogP contribution < -0.4 is 11.2 Å². The first-order valence-electron chi connectivity index (χ1n) is 5.65. The average Bonchev–Trinajstić information content (AvgIpc) is 2.38. The predicted molar refractivity (Wildman–Crippen MR) is 72.2 cm³/mol. The molecule has 1 aromatic carbocycles. The molecule has 0 aliphatic carbocycles. The molecule has 0 radical (unpaired) electrons. The van der Waals surface area contributed by atoms with Crippen LogP contribution in [0.5, 0.6) is 0 Å². The molecule has 20 heavy (non-hydrogen) atoms. The summed E-state index contributed by atoms with van der Waals surface area (Å²) in [6.45, 7) is 0. The number of amides is 1. The van der Waals surface area contributed by atoms with E-state index in [1.165, 1.54) is 6.07 Å². The van der Waals surface area contributed by atoms with Gasteiger partial charge in [0.1, 0.15) is 5.56 Å². The SMILES string of the molecule is NC(=O)CC#Cc1ccc2c(=O)c(C(=O)O)c[nH]c2c1. The molecule has 1 aromatic heterocycles. The monoisotopic (exact) mass is 270 g/mol. The van der Waals surface area contributed by atoms with Gasteiger partial charge in [-0.3, -0.25) is 9.59 Å². The van der Waals surface area contributed by atoms with Crippen molar-refractivity contribution < 1.29 is 14.7 Å². The van der Waals surface area contributed by atoms with E-state index >= 15 is 0 Å². The number of nitrogens with two attached hydrogens (primary N) is 1. The highest BCUT2D eigenvalue weighted by Gasteiger charge is 2.11. The summed E-state index contributed by atoms with van der Waals surface area (Å²) in [5.41, 5.74) is 5.17. The minimum absolute atomic E-state index is 0.0491. The van der Waals surface area contributed by atoms with Crippen LogP contribution in [0.2, 0.25) is 0 Å². The van der Waals surface area contributed by atoms with Gasteiger partial charge in [-0.2, -0.15) is 0 Å². The number of carbonyl (C=O) groups excluding carboxylic acids is 1. The zero-order valence-corrected chi connectivity index (χ0v) is 10.3. The molecule has 4 N–H and O–H groups in total. The fourth-order valence-electron chi connectivity index (χ4n) is 1.69. The Morgan fingerprint density at radius 1 is 1.35 bits per heavy atom. The van der Waals surface area contributed by atoms with Crippen LogP contribution in [0.15, 0.2) is 29.2 Å². The number of rotatable bonds is 2. The second-order valence-corrected chi connectivity index (χ2v) is 4.04. The lowest BCUT2D eigenvalue weighted by atomic mass is 10.1. The molecule has 0 aliphatic rings. The van der Waals surface area contributed by atoms with Crippen molar-refractivity contribution in [3.8, 4) is 11.8 Å². The number of carbonyl (C=O) groups is 2. The van der Waals surface area contributed by atoms with Gasteiger partial charge in [0.2, 0.25) is 11.3 Å². The first-order chi connectivity index (χ1) is 9.49. The van der Waals surface area contributed by atoms with Gasteiger partial charge in [0, 0.05) is 17.1 Å². The van der Waals surface area contributed by atoms with Gasteiger partial charge in [0.05, 0.1) is 11.9 Å². The number of benzene rings is 1. The van der Waals surface area contributed by atoms with Crippen LogP contribution in [0.4, 0.5) is 0 Å². The molecule has 0 aliphatic heterocycles. The summed E-state index contributed by atoms with van der Waals surface area (Å²) >= 11 is 0. The van der Waals surface area contributed by atoms with Crippen molar-refractivity contribution in [2.45, 2.75) is 6.42 Å². The van der Waals surface area contributed by atoms with E-state index in [9.17, 15) is 14.4 Å².